The first-order valence-corrected chi connectivity index (χ1v) is 10.3. The van der Waals surface area contributed by atoms with Crippen LogP contribution in [0.3, 0.4) is 0 Å². The first-order chi connectivity index (χ1) is 15.6. The molecule has 3 rings (SSSR count). The van der Waals surface area contributed by atoms with Gasteiger partial charge in [-0.05, 0) is 30.2 Å². The largest absolute Gasteiger partial charge is 0.412 e. The molecule has 1 aromatic heterocycles. The lowest BCUT2D eigenvalue weighted by Gasteiger charge is -2.26. The Bertz CT molecular complexity index is 1050. The van der Waals surface area contributed by atoms with Crippen LogP contribution in [0.15, 0.2) is 42.6 Å². The summed E-state index contributed by atoms with van der Waals surface area (Å²) in [7, 11) is 0. The van der Waals surface area contributed by atoms with Crippen molar-refractivity contribution in [3.8, 4) is 11.1 Å². The molecule has 0 spiro atoms. The van der Waals surface area contributed by atoms with Crippen molar-refractivity contribution >= 4 is 23.5 Å². The Hall–Kier alpha value is -3.51. The van der Waals surface area contributed by atoms with E-state index in [0.717, 1.165) is 0 Å². The molecular formula is C22H25F3N4O5. The lowest BCUT2D eigenvalue weighted by atomic mass is 9.96. The van der Waals surface area contributed by atoms with Crippen LogP contribution < -0.4 is 15.5 Å². The number of hydrogen-bond acceptors (Lipinski definition) is 5. The zero-order valence-electron chi connectivity index (χ0n) is 18.2. The number of aromatic nitrogens is 1. The smallest absolute Gasteiger partial charge is 0.389 e. The first-order valence-electron chi connectivity index (χ1n) is 10.3. The minimum atomic E-state index is -4.49. The lowest BCUT2D eigenvalue weighted by Crippen LogP contribution is -2.50. The number of nitrogens with one attached hydrogen (secondary N) is 2. The van der Waals surface area contributed by atoms with E-state index in [4.69, 9.17) is 0 Å². The molecular weight excluding hydrogens is 457 g/mol. The maximum Gasteiger partial charge on any atom is 0.389 e. The fourth-order valence-electron chi connectivity index (χ4n) is 3.57. The summed E-state index contributed by atoms with van der Waals surface area (Å²) in [6, 6.07) is 8.04. The van der Waals surface area contributed by atoms with Crippen molar-refractivity contribution in [1.29, 1.82) is 0 Å². The maximum absolute atomic E-state index is 13.4. The molecule has 3 amide bonds. The fraction of sp³-hybridized carbons (Fsp3) is 0.364. The molecule has 0 unspecified atom stereocenters. The average molecular weight is 482 g/mol. The van der Waals surface area contributed by atoms with Crippen molar-refractivity contribution in [2.24, 2.45) is 0 Å². The van der Waals surface area contributed by atoms with Gasteiger partial charge in [-0.3, -0.25) is 19.3 Å². The number of hydrogen-bond donors (Lipinski definition) is 3. The number of carbonyl (C=O) groups is 3. The van der Waals surface area contributed by atoms with Crippen LogP contribution in [0, 0.1) is 0 Å². The molecule has 9 nitrogen and oxygen atoms in total. The number of benzene rings is 1. The molecule has 2 aromatic rings. The summed E-state index contributed by atoms with van der Waals surface area (Å²) in [6.45, 7) is 0.910. The highest BCUT2D eigenvalue weighted by atomic mass is 19.4. The minimum Gasteiger partial charge on any atom is -0.412 e. The molecule has 1 aliphatic heterocycles. The summed E-state index contributed by atoms with van der Waals surface area (Å²) in [5.41, 5.74) is 1.78. The highest BCUT2D eigenvalue weighted by Gasteiger charge is 2.36. The van der Waals surface area contributed by atoms with E-state index < -0.39 is 48.8 Å². The van der Waals surface area contributed by atoms with Crippen molar-refractivity contribution in [3.05, 3.63) is 48.2 Å². The van der Waals surface area contributed by atoms with Crippen LogP contribution in [-0.4, -0.2) is 58.7 Å². The minimum absolute atomic E-state index is 0. The van der Waals surface area contributed by atoms with E-state index in [1.165, 1.54) is 18.0 Å². The van der Waals surface area contributed by atoms with Crippen molar-refractivity contribution in [3.63, 3.8) is 0 Å². The van der Waals surface area contributed by atoms with Gasteiger partial charge in [-0.25, -0.2) is 4.98 Å². The number of carbonyl (C=O) groups excluding carboxylic acids is 3. The quantitative estimate of drug-likeness (QED) is 0.545. The van der Waals surface area contributed by atoms with Gasteiger partial charge in [-0.2, -0.15) is 13.2 Å². The van der Waals surface area contributed by atoms with Crippen LogP contribution in [0.5, 0.6) is 0 Å². The highest BCUT2D eigenvalue weighted by molar-refractivity contribution is 6.05. The van der Waals surface area contributed by atoms with Gasteiger partial charge < -0.3 is 21.2 Å². The Morgan fingerprint density at radius 2 is 1.85 bits per heavy atom. The van der Waals surface area contributed by atoms with Crippen LogP contribution in [0.2, 0.25) is 0 Å². The Morgan fingerprint density at radius 1 is 1.18 bits per heavy atom. The summed E-state index contributed by atoms with van der Waals surface area (Å²) in [6.07, 6.45) is -5.09. The van der Waals surface area contributed by atoms with E-state index in [9.17, 15) is 32.7 Å². The molecule has 0 radical (unpaired) electrons. The molecule has 1 aliphatic rings. The second-order valence-corrected chi connectivity index (χ2v) is 7.52. The van der Waals surface area contributed by atoms with E-state index in [0.29, 0.717) is 22.5 Å². The molecule has 0 aliphatic carbocycles. The number of pyridine rings is 1. The SMILES string of the molecule is C[C@H](NC(=O)CCC(F)(F)F)C(=O)N[C@@H]1C(=O)N(CCO)c2ncccc2-c2ccccc21.O. The van der Waals surface area contributed by atoms with Crippen LogP contribution >= 0.6 is 0 Å². The van der Waals surface area contributed by atoms with E-state index >= 15 is 0 Å². The second-order valence-electron chi connectivity index (χ2n) is 7.52. The summed E-state index contributed by atoms with van der Waals surface area (Å²) >= 11 is 0. The van der Waals surface area contributed by atoms with Gasteiger partial charge in [-0.15, -0.1) is 0 Å². The summed E-state index contributed by atoms with van der Waals surface area (Å²) < 4.78 is 37.0. The number of fused-ring (bicyclic) bond motifs is 3. The summed E-state index contributed by atoms with van der Waals surface area (Å²) in [4.78, 5) is 43.5. The lowest BCUT2D eigenvalue weighted by molar-refractivity contribution is -0.144. The van der Waals surface area contributed by atoms with Crippen LogP contribution in [0.4, 0.5) is 19.0 Å². The zero-order valence-corrected chi connectivity index (χ0v) is 18.2. The third-order valence-electron chi connectivity index (χ3n) is 5.13. The number of amides is 3. The number of halogens is 3. The Labute approximate surface area is 193 Å². The van der Waals surface area contributed by atoms with Gasteiger partial charge in [0.15, 0.2) is 0 Å². The number of anilines is 1. The van der Waals surface area contributed by atoms with E-state index in [1.807, 2.05) is 0 Å². The van der Waals surface area contributed by atoms with Gasteiger partial charge in [0.1, 0.15) is 17.9 Å². The number of alkyl halides is 3. The topological polar surface area (TPSA) is 143 Å². The number of β-amino-alcohol motifs (C(OH)–C–C–N with tert-alkyl or cyclic N) is 1. The van der Waals surface area contributed by atoms with Gasteiger partial charge in [-0.1, -0.05) is 24.3 Å². The van der Waals surface area contributed by atoms with Gasteiger partial charge in [0.05, 0.1) is 19.6 Å². The van der Waals surface area contributed by atoms with Crippen LogP contribution in [0.1, 0.15) is 31.4 Å². The molecule has 2 atom stereocenters. The van der Waals surface area contributed by atoms with Gasteiger partial charge >= 0.3 is 6.18 Å². The standard InChI is InChI=1S/C22H23F3N4O4.H2O/c1-13(27-17(31)8-9-22(23,24)25)20(32)28-18-15-6-3-2-5-14(15)16-7-4-10-26-19(16)29(11-12-30)21(18)33;/h2-7,10,13,18,30H,8-9,11-12H2,1H3,(H,27,31)(H,28,32);1H2/t13-,18-;/m0./s1. The van der Waals surface area contributed by atoms with E-state index in [-0.39, 0.29) is 18.6 Å². The molecule has 5 N–H and O–H groups in total. The summed E-state index contributed by atoms with van der Waals surface area (Å²) in [5.74, 6) is -1.89. The van der Waals surface area contributed by atoms with Crippen molar-refractivity contribution in [2.75, 3.05) is 18.1 Å². The predicted molar refractivity (Wildman–Crippen MR) is 117 cm³/mol. The molecule has 2 heterocycles. The van der Waals surface area contributed by atoms with Crippen molar-refractivity contribution < 1.29 is 38.1 Å². The summed E-state index contributed by atoms with van der Waals surface area (Å²) in [5, 5.41) is 14.3. The maximum atomic E-state index is 13.4. The Kier molecular flexibility index (Phi) is 8.71. The molecule has 184 valence electrons. The third-order valence-corrected chi connectivity index (χ3v) is 5.13. The van der Waals surface area contributed by atoms with Gasteiger partial charge in [0, 0.05) is 18.2 Å². The fourth-order valence-corrected chi connectivity index (χ4v) is 3.57. The van der Waals surface area contributed by atoms with E-state index in [1.54, 1.807) is 36.4 Å². The number of aliphatic hydroxyl groups excluding tert-OH is 1. The second kappa shape index (κ2) is 11.1. The Balaban J connectivity index is 0.00000408. The van der Waals surface area contributed by atoms with E-state index in [2.05, 4.69) is 15.6 Å². The molecule has 0 bridgehead atoms. The average Bonchev–Trinajstić information content (AvgIpc) is 2.87. The molecule has 34 heavy (non-hydrogen) atoms. The number of rotatable bonds is 7. The molecule has 1 aromatic carbocycles. The van der Waals surface area contributed by atoms with Crippen LogP contribution in [-0.2, 0) is 14.4 Å². The van der Waals surface area contributed by atoms with Crippen LogP contribution in [0.25, 0.3) is 11.1 Å². The molecule has 0 saturated heterocycles. The van der Waals surface area contributed by atoms with Gasteiger partial charge in [0.2, 0.25) is 11.8 Å². The molecule has 0 saturated carbocycles. The first kappa shape index (κ1) is 26.7. The van der Waals surface area contributed by atoms with Crippen molar-refractivity contribution in [2.45, 2.75) is 38.0 Å². The predicted octanol–water partition coefficient (Wildman–Crippen LogP) is 1.27. The van der Waals surface area contributed by atoms with Crippen molar-refractivity contribution in [1.82, 2.24) is 15.6 Å². The zero-order chi connectivity index (χ0) is 24.2. The Morgan fingerprint density at radius 3 is 2.53 bits per heavy atom. The highest BCUT2D eigenvalue weighted by Crippen LogP contribution is 2.38. The number of nitrogens with zero attached hydrogens (tertiary/aromatic N) is 2. The molecule has 12 heteroatoms. The third kappa shape index (κ3) is 6.08. The number of aliphatic hydroxyl groups is 1. The van der Waals surface area contributed by atoms with Gasteiger partial charge in [0.25, 0.3) is 5.91 Å². The normalized spacial score (nSPS) is 15.9. The monoisotopic (exact) mass is 482 g/mol. The molecule has 0 fully saturated rings.